The fraction of sp³-hybridized carbons (Fsp3) is 0.667. The highest BCUT2D eigenvalue weighted by atomic mass is 35.5. The molecule has 1 amide bonds. The summed E-state index contributed by atoms with van der Waals surface area (Å²) in [5.74, 6) is -0.0904. The molecule has 0 bridgehead atoms. The number of hydrogen-bond acceptors (Lipinski definition) is 5. The highest BCUT2D eigenvalue weighted by Gasteiger charge is 2.18. The lowest BCUT2D eigenvalue weighted by molar-refractivity contribution is -0.118. The van der Waals surface area contributed by atoms with Gasteiger partial charge in [0.05, 0.1) is 6.04 Å². The first-order chi connectivity index (χ1) is 7.04. The topological polar surface area (TPSA) is 80.9 Å². The number of anilines is 1. The second-order valence-electron chi connectivity index (χ2n) is 3.61. The van der Waals surface area contributed by atoms with Crippen LogP contribution in [0.15, 0.2) is 0 Å². The van der Waals surface area contributed by atoms with Crippen LogP contribution in [-0.4, -0.2) is 22.1 Å². The number of halogens is 1. The summed E-state index contributed by atoms with van der Waals surface area (Å²) in [6.45, 7) is 5.80. The van der Waals surface area contributed by atoms with Gasteiger partial charge in [0.15, 0.2) is 0 Å². The van der Waals surface area contributed by atoms with Gasteiger partial charge in [-0.15, -0.1) is 22.6 Å². The highest BCUT2D eigenvalue weighted by Crippen LogP contribution is 2.15. The van der Waals surface area contributed by atoms with Crippen molar-refractivity contribution in [2.24, 2.45) is 11.7 Å². The first-order valence-corrected chi connectivity index (χ1v) is 5.75. The zero-order valence-electron chi connectivity index (χ0n) is 9.56. The molecule has 0 aliphatic carbocycles. The van der Waals surface area contributed by atoms with Gasteiger partial charge in [0.1, 0.15) is 5.01 Å². The second kappa shape index (κ2) is 6.78. The van der Waals surface area contributed by atoms with Gasteiger partial charge in [-0.1, -0.05) is 32.1 Å². The molecule has 0 aliphatic heterocycles. The van der Waals surface area contributed by atoms with Gasteiger partial charge in [0, 0.05) is 0 Å². The van der Waals surface area contributed by atoms with E-state index >= 15 is 0 Å². The second-order valence-corrected chi connectivity index (χ2v) is 4.68. The third kappa shape index (κ3) is 4.03. The molecule has 0 unspecified atom stereocenters. The first-order valence-electron chi connectivity index (χ1n) is 4.93. The van der Waals surface area contributed by atoms with Gasteiger partial charge >= 0.3 is 0 Å². The largest absolute Gasteiger partial charge is 0.320 e. The average Bonchev–Trinajstić information content (AvgIpc) is 2.64. The SMILES string of the molecule is CCc1nnc(NC(=O)[C@H](N)C(C)C)s1.Cl. The molecule has 16 heavy (non-hydrogen) atoms. The van der Waals surface area contributed by atoms with Gasteiger partial charge in [-0.2, -0.15) is 0 Å². The van der Waals surface area contributed by atoms with Crippen molar-refractivity contribution in [2.75, 3.05) is 5.32 Å². The van der Waals surface area contributed by atoms with E-state index in [1.54, 1.807) is 0 Å². The zero-order chi connectivity index (χ0) is 11.4. The summed E-state index contributed by atoms with van der Waals surface area (Å²) in [6, 6.07) is -0.501. The Labute approximate surface area is 105 Å². The molecule has 0 aromatic carbocycles. The number of nitrogens with zero attached hydrogens (tertiary/aromatic N) is 2. The van der Waals surface area contributed by atoms with Crippen LogP contribution in [0.5, 0.6) is 0 Å². The van der Waals surface area contributed by atoms with Crippen molar-refractivity contribution in [3.05, 3.63) is 5.01 Å². The van der Waals surface area contributed by atoms with Crippen LogP contribution in [0.3, 0.4) is 0 Å². The Bertz CT molecular complexity index is 342. The lowest BCUT2D eigenvalue weighted by atomic mass is 10.1. The van der Waals surface area contributed by atoms with Gasteiger partial charge in [-0.25, -0.2) is 0 Å². The average molecular weight is 265 g/mol. The van der Waals surface area contributed by atoms with E-state index in [2.05, 4.69) is 15.5 Å². The Hall–Kier alpha value is -0.720. The van der Waals surface area contributed by atoms with Crippen LogP contribution in [0.1, 0.15) is 25.8 Å². The fourth-order valence-electron chi connectivity index (χ4n) is 0.938. The number of rotatable bonds is 4. The van der Waals surface area contributed by atoms with Crippen LogP contribution >= 0.6 is 23.7 Å². The number of nitrogens with two attached hydrogens (primary N) is 1. The Morgan fingerprint density at radius 2 is 2.12 bits per heavy atom. The quantitative estimate of drug-likeness (QED) is 0.862. The molecular weight excluding hydrogens is 248 g/mol. The third-order valence-corrected chi connectivity index (χ3v) is 3.00. The molecule has 1 atom stereocenters. The number of carbonyl (C=O) groups excluding carboxylic acids is 1. The minimum absolute atomic E-state index is 0. The molecule has 0 radical (unpaired) electrons. The lowest BCUT2D eigenvalue weighted by Gasteiger charge is -2.13. The van der Waals surface area contributed by atoms with Gasteiger partial charge in [0.25, 0.3) is 0 Å². The number of aryl methyl sites for hydroxylation is 1. The van der Waals surface area contributed by atoms with Crippen molar-refractivity contribution >= 4 is 34.8 Å². The monoisotopic (exact) mass is 264 g/mol. The van der Waals surface area contributed by atoms with Crippen LogP contribution in [0.25, 0.3) is 0 Å². The van der Waals surface area contributed by atoms with E-state index in [4.69, 9.17) is 5.73 Å². The highest BCUT2D eigenvalue weighted by molar-refractivity contribution is 7.15. The smallest absolute Gasteiger partial charge is 0.243 e. The molecule has 1 heterocycles. The molecule has 5 nitrogen and oxygen atoms in total. The normalized spacial score (nSPS) is 12.1. The molecule has 1 aromatic heterocycles. The van der Waals surface area contributed by atoms with Crippen LogP contribution in [0.2, 0.25) is 0 Å². The molecule has 7 heteroatoms. The van der Waals surface area contributed by atoms with Gasteiger partial charge < -0.3 is 5.73 Å². The molecular formula is C9H17ClN4OS. The van der Waals surface area contributed by atoms with E-state index in [1.807, 2.05) is 20.8 Å². The van der Waals surface area contributed by atoms with Gasteiger partial charge in [0.2, 0.25) is 11.0 Å². The van der Waals surface area contributed by atoms with E-state index < -0.39 is 6.04 Å². The predicted octanol–water partition coefficient (Wildman–Crippen LogP) is 1.44. The molecule has 0 saturated heterocycles. The Balaban J connectivity index is 0.00000225. The molecule has 0 saturated carbocycles. The van der Waals surface area contributed by atoms with Crippen molar-refractivity contribution < 1.29 is 4.79 Å². The number of carbonyl (C=O) groups is 1. The summed E-state index contributed by atoms with van der Waals surface area (Å²) in [4.78, 5) is 11.6. The molecule has 0 spiro atoms. The maximum absolute atomic E-state index is 11.6. The van der Waals surface area contributed by atoms with Crippen molar-refractivity contribution in [3.8, 4) is 0 Å². The lowest BCUT2D eigenvalue weighted by Crippen LogP contribution is -2.39. The van der Waals surface area contributed by atoms with E-state index in [9.17, 15) is 4.79 Å². The molecule has 0 aliphatic rings. The van der Waals surface area contributed by atoms with Crippen LogP contribution in [-0.2, 0) is 11.2 Å². The fourth-order valence-corrected chi connectivity index (χ4v) is 1.62. The van der Waals surface area contributed by atoms with Crippen LogP contribution in [0.4, 0.5) is 5.13 Å². The molecule has 1 aromatic rings. The molecule has 92 valence electrons. The zero-order valence-corrected chi connectivity index (χ0v) is 11.2. The van der Waals surface area contributed by atoms with Crippen molar-refractivity contribution in [3.63, 3.8) is 0 Å². The summed E-state index contributed by atoms with van der Waals surface area (Å²) in [7, 11) is 0. The third-order valence-electron chi connectivity index (χ3n) is 2.02. The summed E-state index contributed by atoms with van der Waals surface area (Å²) >= 11 is 1.38. The Kier molecular flexibility index (Phi) is 6.47. The van der Waals surface area contributed by atoms with E-state index in [0.717, 1.165) is 11.4 Å². The minimum Gasteiger partial charge on any atom is -0.320 e. The summed E-state index contributed by atoms with van der Waals surface area (Å²) in [6.07, 6.45) is 0.823. The first kappa shape index (κ1) is 15.3. The minimum atomic E-state index is -0.501. The standard InChI is InChI=1S/C9H16N4OS.ClH/c1-4-6-12-13-9(15-6)11-8(14)7(10)5(2)3;/h5,7H,4,10H2,1-3H3,(H,11,13,14);1H/t7-;/m1./s1. The summed E-state index contributed by atoms with van der Waals surface area (Å²) < 4.78 is 0. The predicted molar refractivity (Wildman–Crippen MR) is 68.0 cm³/mol. The van der Waals surface area contributed by atoms with E-state index in [-0.39, 0.29) is 24.2 Å². The molecule has 1 rings (SSSR count). The molecule has 0 fully saturated rings. The van der Waals surface area contributed by atoms with Crippen molar-refractivity contribution in [1.82, 2.24) is 10.2 Å². The summed E-state index contributed by atoms with van der Waals surface area (Å²) in [5.41, 5.74) is 5.69. The maximum atomic E-state index is 11.6. The number of aromatic nitrogens is 2. The van der Waals surface area contributed by atoms with Crippen molar-refractivity contribution in [1.29, 1.82) is 0 Å². The van der Waals surface area contributed by atoms with Gasteiger partial charge in [-0.05, 0) is 12.3 Å². The van der Waals surface area contributed by atoms with Crippen LogP contribution < -0.4 is 11.1 Å². The Morgan fingerprint density at radius 3 is 2.56 bits per heavy atom. The number of nitrogens with one attached hydrogen (secondary N) is 1. The van der Waals surface area contributed by atoms with E-state index in [1.165, 1.54) is 11.3 Å². The number of amides is 1. The van der Waals surface area contributed by atoms with Gasteiger partial charge in [-0.3, -0.25) is 10.1 Å². The van der Waals surface area contributed by atoms with E-state index in [0.29, 0.717) is 5.13 Å². The van der Waals surface area contributed by atoms with Crippen molar-refractivity contribution in [2.45, 2.75) is 33.2 Å². The summed E-state index contributed by atoms with van der Waals surface area (Å²) in [5, 5.41) is 11.8. The van der Waals surface area contributed by atoms with Crippen LogP contribution in [0, 0.1) is 5.92 Å². The number of hydrogen-bond donors (Lipinski definition) is 2. The molecule has 3 N–H and O–H groups in total. The Morgan fingerprint density at radius 1 is 1.50 bits per heavy atom. The maximum Gasteiger partial charge on any atom is 0.243 e.